The van der Waals surface area contributed by atoms with Gasteiger partial charge in [0.2, 0.25) is 0 Å². The van der Waals surface area contributed by atoms with Gasteiger partial charge in [-0.05, 0) is 72.3 Å². The van der Waals surface area contributed by atoms with Crippen molar-refractivity contribution >= 4 is 40.4 Å². The van der Waals surface area contributed by atoms with Crippen LogP contribution in [-0.4, -0.2) is 43.4 Å². The van der Waals surface area contributed by atoms with E-state index in [1.807, 2.05) is 25.1 Å². The quantitative estimate of drug-likeness (QED) is 0.310. The molecule has 0 unspecified atom stereocenters. The van der Waals surface area contributed by atoms with E-state index in [1.54, 1.807) is 51.4 Å². The maximum atomic E-state index is 12.3. The van der Waals surface area contributed by atoms with Gasteiger partial charge in [-0.1, -0.05) is 24.3 Å². The van der Waals surface area contributed by atoms with Crippen molar-refractivity contribution in [3.05, 3.63) is 63.2 Å². The molecule has 0 aliphatic carbocycles. The number of hydrogen-bond donors (Lipinski definition) is 0. The first-order valence-electron chi connectivity index (χ1n) is 8.94. The molecule has 0 fully saturated rings. The van der Waals surface area contributed by atoms with E-state index in [9.17, 15) is 9.59 Å². The van der Waals surface area contributed by atoms with Crippen LogP contribution in [0.5, 0.6) is 11.5 Å². The highest BCUT2D eigenvalue weighted by atomic mass is 127. The predicted octanol–water partition coefficient (Wildman–Crippen LogP) is 4.44. The van der Waals surface area contributed by atoms with Gasteiger partial charge in [0.1, 0.15) is 0 Å². The summed E-state index contributed by atoms with van der Waals surface area (Å²) < 4.78 is 12.5. The standard InChI is InChI=1S/C22H24INO4/c1-5-27-21-14-16(6-12-19(25)17-8-10-18(23)11-9-17)7-13-20(21)28-15(2)22(26)24(3)4/h6-15H,5H2,1-4H3/b12-6+/t15-/m0/s1. The lowest BCUT2D eigenvalue weighted by molar-refractivity contribution is -0.135. The van der Waals surface area contributed by atoms with Crippen LogP contribution in [0.15, 0.2) is 48.5 Å². The first-order chi connectivity index (χ1) is 13.3. The summed E-state index contributed by atoms with van der Waals surface area (Å²) in [5, 5.41) is 0. The van der Waals surface area contributed by atoms with Gasteiger partial charge in [0, 0.05) is 23.2 Å². The number of amides is 1. The second-order valence-electron chi connectivity index (χ2n) is 6.34. The van der Waals surface area contributed by atoms with Gasteiger partial charge in [-0.15, -0.1) is 0 Å². The number of carbonyl (C=O) groups excluding carboxylic acids is 2. The Hall–Kier alpha value is -2.35. The van der Waals surface area contributed by atoms with Crippen molar-refractivity contribution in [2.24, 2.45) is 0 Å². The molecule has 0 aliphatic rings. The Labute approximate surface area is 179 Å². The second kappa shape index (κ2) is 10.3. The molecule has 0 heterocycles. The molecule has 0 radical (unpaired) electrons. The summed E-state index contributed by atoms with van der Waals surface area (Å²) in [6.45, 7) is 4.04. The zero-order valence-corrected chi connectivity index (χ0v) is 18.6. The number of allylic oxidation sites excluding steroid dienone is 1. The number of rotatable bonds is 8. The third kappa shape index (κ3) is 6.09. The number of ketones is 1. The largest absolute Gasteiger partial charge is 0.490 e. The van der Waals surface area contributed by atoms with Crippen molar-refractivity contribution in [3.63, 3.8) is 0 Å². The number of halogens is 1. The number of carbonyl (C=O) groups is 2. The summed E-state index contributed by atoms with van der Waals surface area (Å²) in [6, 6.07) is 12.8. The summed E-state index contributed by atoms with van der Waals surface area (Å²) in [7, 11) is 3.37. The second-order valence-corrected chi connectivity index (χ2v) is 7.58. The van der Waals surface area contributed by atoms with Crippen LogP contribution in [-0.2, 0) is 4.79 Å². The minimum absolute atomic E-state index is 0.0695. The molecular weight excluding hydrogens is 469 g/mol. The summed E-state index contributed by atoms with van der Waals surface area (Å²) in [5.41, 5.74) is 1.44. The molecule has 0 aliphatic heterocycles. The lowest BCUT2D eigenvalue weighted by Crippen LogP contribution is -2.35. The van der Waals surface area contributed by atoms with E-state index in [4.69, 9.17) is 9.47 Å². The Kier molecular flexibility index (Phi) is 8.04. The molecule has 0 spiro atoms. The van der Waals surface area contributed by atoms with Gasteiger partial charge >= 0.3 is 0 Å². The summed E-state index contributed by atoms with van der Waals surface area (Å²) in [5.74, 6) is 0.824. The number of benzene rings is 2. The van der Waals surface area contributed by atoms with Crippen LogP contribution in [0.4, 0.5) is 0 Å². The van der Waals surface area contributed by atoms with Crippen LogP contribution in [0.25, 0.3) is 6.08 Å². The van der Waals surface area contributed by atoms with E-state index in [0.717, 1.165) is 9.13 Å². The molecule has 1 atom stereocenters. The monoisotopic (exact) mass is 493 g/mol. The number of nitrogens with zero attached hydrogens (tertiary/aromatic N) is 1. The SMILES string of the molecule is CCOc1cc(/C=C/C(=O)c2ccc(I)cc2)ccc1O[C@@H](C)C(=O)N(C)C. The van der Waals surface area contributed by atoms with Crippen molar-refractivity contribution < 1.29 is 19.1 Å². The fourth-order valence-corrected chi connectivity index (χ4v) is 2.84. The molecule has 2 aromatic carbocycles. The minimum atomic E-state index is -0.627. The normalized spacial score (nSPS) is 11.9. The number of likely N-dealkylation sites (N-methyl/N-ethyl adjacent to an activating group) is 1. The first-order valence-corrected chi connectivity index (χ1v) is 10.0. The highest BCUT2D eigenvalue weighted by Gasteiger charge is 2.18. The fourth-order valence-electron chi connectivity index (χ4n) is 2.48. The van der Waals surface area contributed by atoms with Crippen molar-refractivity contribution in [1.82, 2.24) is 4.90 Å². The van der Waals surface area contributed by atoms with Gasteiger partial charge in [-0.25, -0.2) is 0 Å². The molecule has 0 saturated heterocycles. The molecule has 1 amide bonds. The average Bonchev–Trinajstić information content (AvgIpc) is 2.67. The Balaban J connectivity index is 2.17. The smallest absolute Gasteiger partial charge is 0.262 e. The molecule has 6 heteroatoms. The van der Waals surface area contributed by atoms with Crippen LogP contribution in [0.1, 0.15) is 29.8 Å². The molecular formula is C22H24INO4. The fraction of sp³-hybridized carbons (Fsp3) is 0.273. The third-order valence-corrected chi connectivity index (χ3v) is 4.63. The molecule has 0 N–H and O–H groups in total. The van der Waals surface area contributed by atoms with E-state index >= 15 is 0 Å². The van der Waals surface area contributed by atoms with E-state index in [1.165, 1.54) is 11.0 Å². The number of hydrogen-bond acceptors (Lipinski definition) is 4. The van der Waals surface area contributed by atoms with E-state index in [2.05, 4.69) is 22.6 Å². The topological polar surface area (TPSA) is 55.8 Å². The molecule has 148 valence electrons. The molecule has 0 aromatic heterocycles. The minimum Gasteiger partial charge on any atom is -0.490 e. The summed E-state index contributed by atoms with van der Waals surface area (Å²) in [4.78, 5) is 25.8. The maximum Gasteiger partial charge on any atom is 0.262 e. The number of ether oxygens (including phenoxy) is 2. The van der Waals surface area contributed by atoms with E-state index in [-0.39, 0.29) is 11.7 Å². The van der Waals surface area contributed by atoms with Crippen molar-refractivity contribution in [2.75, 3.05) is 20.7 Å². The third-order valence-electron chi connectivity index (χ3n) is 3.92. The molecule has 2 rings (SSSR count). The highest BCUT2D eigenvalue weighted by molar-refractivity contribution is 14.1. The summed E-state index contributed by atoms with van der Waals surface area (Å²) >= 11 is 2.20. The summed E-state index contributed by atoms with van der Waals surface area (Å²) in [6.07, 6.45) is 2.64. The zero-order chi connectivity index (χ0) is 20.7. The molecule has 5 nitrogen and oxygen atoms in total. The molecule has 28 heavy (non-hydrogen) atoms. The zero-order valence-electron chi connectivity index (χ0n) is 16.4. The maximum absolute atomic E-state index is 12.3. The van der Waals surface area contributed by atoms with E-state index in [0.29, 0.717) is 23.7 Å². The van der Waals surface area contributed by atoms with Gasteiger partial charge in [0.25, 0.3) is 5.91 Å². The van der Waals surface area contributed by atoms with Gasteiger partial charge < -0.3 is 14.4 Å². The predicted molar refractivity (Wildman–Crippen MR) is 119 cm³/mol. The van der Waals surface area contributed by atoms with E-state index < -0.39 is 6.10 Å². The lowest BCUT2D eigenvalue weighted by Gasteiger charge is -2.20. The van der Waals surface area contributed by atoms with Crippen molar-refractivity contribution in [2.45, 2.75) is 20.0 Å². The Bertz CT molecular complexity index is 859. The van der Waals surface area contributed by atoms with Crippen LogP contribution < -0.4 is 9.47 Å². The van der Waals surface area contributed by atoms with Crippen LogP contribution in [0, 0.1) is 3.57 Å². The van der Waals surface area contributed by atoms with Gasteiger partial charge in [0.15, 0.2) is 23.4 Å². The Morgan fingerprint density at radius 2 is 1.79 bits per heavy atom. The van der Waals surface area contributed by atoms with Gasteiger partial charge in [-0.2, -0.15) is 0 Å². The van der Waals surface area contributed by atoms with Crippen LogP contribution in [0.3, 0.4) is 0 Å². The highest BCUT2D eigenvalue weighted by Crippen LogP contribution is 2.30. The Morgan fingerprint density at radius 1 is 1.11 bits per heavy atom. The molecule has 0 saturated carbocycles. The van der Waals surface area contributed by atoms with Crippen LogP contribution >= 0.6 is 22.6 Å². The van der Waals surface area contributed by atoms with Crippen molar-refractivity contribution in [3.8, 4) is 11.5 Å². The average molecular weight is 493 g/mol. The van der Waals surface area contributed by atoms with Gasteiger partial charge in [0.05, 0.1) is 6.61 Å². The first kappa shape index (κ1) is 21.9. The molecule has 2 aromatic rings. The Morgan fingerprint density at radius 3 is 2.39 bits per heavy atom. The molecule has 0 bridgehead atoms. The van der Waals surface area contributed by atoms with Gasteiger partial charge in [-0.3, -0.25) is 9.59 Å². The lowest BCUT2D eigenvalue weighted by atomic mass is 10.1. The van der Waals surface area contributed by atoms with Crippen LogP contribution in [0.2, 0.25) is 0 Å². The van der Waals surface area contributed by atoms with Crippen molar-refractivity contribution in [1.29, 1.82) is 0 Å².